The van der Waals surface area contributed by atoms with E-state index in [1.54, 1.807) is 19.0 Å². The van der Waals surface area contributed by atoms with E-state index in [4.69, 9.17) is 4.99 Å². The summed E-state index contributed by atoms with van der Waals surface area (Å²) < 4.78 is 0. The van der Waals surface area contributed by atoms with E-state index in [1.807, 2.05) is 18.2 Å². The Hall–Kier alpha value is -1.35. The number of benzene rings is 1. The van der Waals surface area contributed by atoms with Crippen molar-refractivity contribution >= 4 is 35.8 Å². The van der Waals surface area contributed by atoms with Crippen LogP contribution in [0.3, 0.4) is 0 Å². The maximum atomic E-state index is 12.1. The molecule has 0 aromatic heterocycles. The van der Waals surface area contributed by atoms with Crippen molar-refractivity contribution in [2.45, 2.75) is 39.5 Å². The molecule has 0 atom stereocenters. The molecule has 2 rings (SSSR count). The number of carbonyl (C=O) groups is 1. The van der Waals surface area contributed by atoms with Gasteiger partial charge in [-0.05, 0) is 75.9 Å². The van der Waals surface area contributed by atoms with E-state index in [2.05, 4.69) is 35.4 Å². The van der Waals surface area contributed by atoms with Gasteiger partial charge in [0, 0.05) is 39.3 Å². The van der Waals surface area contributed by atoms with Gasteiger partial charge in [-0.1, -0.05) is 19.1 Å². The quantitative estimate of drug-likeness (QED) is 0.293. The number of hydrogen-bond donors (Lipinski definition) is 2. The molecule has 1 aromatic carbocycles. The lowest BCUT2D eigenvalue weighted by molar-refractivity contribution is 0.0827. The molecule has 0 aliphatic carbocycles. The van der Waals surface area contributed by atoms with Gasteiger partial charge in [0.05, 0.1) is 0 Å². The summed E-state index contributed by atoms with van der Waals surface area (Å²) in [5, 5.41) is 6.77. The molecular formula is C23H40IN5O. The SMILES string of the molecule is CCNC(=NCCC1CCN(CC)CC1)NCCc1cccc(C(=O)N(C)C)c1.I. The number of amides is 1. The molecule has 0 spiro atoms. The average molecular weight is 530 g/mol. The van der Waals surface area contributed by atoms with Gasteiger partial charge in [-0.2, -0.15) is 0 Å². The van der Waals surface area contributed by atoms with Crippen LogP contribution < -0.4 is 10.6 Å². The van der Waals surface area contributed by atoms with Crippen LogP contribution >= 0.6 is 24.0 Å². The molecule has 0 saturated carbocycles. The highest BCUT2D eigenvalue weighted by Gasteiger charge is 2.17. The Balaban J connectivity index is 0.00000450. The number of nitrogens with one attached hydrogen (secondary N) is 2. The Morgan fingerprint density at radius 3 is 2.57 bits per heavy atom. The van der Waals surface area contributed by atoms with Crippen molar-refractivity contribution in [3.8, 4) is 0 Å². The van der Waals surface area contributed by atoms with Crippen molar-refractivity contribution < 1.29 is 4.79 Å². The monoisotopic (exact) mass is 529 g/mol. The molecule has 0 unspecified atom stereocenters. The topological polar surface area (TPSA) is 60.0 Å². The van der Waals surface area contributed by atoms with E-state index in [0.717, 1.165) is 49.1 Å². The lowest BCUT2D eigenvalue weighted by Gasteiger charge is -2.30. The molecule has 1 aliphatic heterocycles. The minimum atomic E-state index is 0. The predicted octanol–water partition coefficient (Wildman–Crippen LogP) is 3.23. The van der Waals surface area contributed by atoms with Crippen LogP contribution in [0.5, 0.6) is 0 Å². The van der Waals surface area contributed by atoms with E-state index in [9.17, 15) is 4.79 Å². The molecule has 0 radical (unpaired) electrons. The Bertz CT molecular complexity index is 657. The van der Waals surface area contributed by atoms with Crippen LogP contribution in [0.2, 0.25) is 0 Å². The highest BCUT2D eigenvalue weighted by Crippen LogP contribution is 2.20. The van der Waals surface area contributed by atoms with Crippen LogP contribution in [0.1, 0.15) is 49.0 Å². The summed E-state index contributed by atoms with van der Waals surface area (Å²) >= 11 is 0. The number of aliphatic imine (C=N–C) groups is 1. The third-order valence-electron chi connectivity index (χ3n) is 5.59. The van der Waals surface area contributed by atoms with Crippen LogP contribution in [-0.4, -0.2) is 75.0 Å². The summed E-state index contributed by atoms with van der Waals surface area (Å²) in [6.45, 7) is 10.5. The van der Waals surface area contributed by atoms with Crippen LogP contribution in [0.4, 0.5) is 0 Å². The molecule has 2 N–H and O–H groups in total. The standard InChI is InChI=1S/C23H39N5O.HI/c1-5-24-23(25-14-10-19-12-16-28(6-2)17-13-19)26-15-11-20-8-7-9-21(18-20)22(29)27(3)4;/h7-9,18-19H,5-6,10-17H2,1-4H3,(H2,24,25,26);1H. The van der Waals surface area contributed by atoms with Crippen LogP contribution in [0, 0.1) is 5.92 Å². The molecule has 0 bridgehead atoms. The van der Waals surface area contributed by atoms with Gasteiger partial charge in [0.2, 0.25) is 0 Å². The third kappa shape index (κ3) is 9.20. The molecule has 1 amide bonds. The molecule has 1 aromatic rings. The van der Waals surface area contributed by atoms with Crippen molar-refractivity contribution in [3.63, 3.8) is 0 Å². The average Bonchev–Trinajstić information content (AvgIpc) is 2.74. The number of rotatable bonds is 9. The first-order valence-electron chi connectivity index (χ1n) is 11.1. The van der Waals surface area contributed by atoms with E-state index < -0.39 is 0 Å². The zero-order chi connectivity index (χ0) is 21.1. The van der Waals surface area contributed by atoms with Gasteiger partial charge in [0.15, 0.2) is 5.96 Å². The van der Waals surface area contributed by atoms with E-state index in [1.165, 1.54) is 38.9 Å². The fourth-order valence-electron chi connectivity index (χ4n) is 3.74. The van der Waals surface area contributed by atoms with Gasteiger partial charge in [-0.25, -0.2) is 0 Å². The summed E-state index contributed by atoms with van der Waals surface area (Å²) in [4.78, 5) is 21.0. The first kappa shape index (κ1) is 26.7. The lowest BCUT2D eigenvalue weighted by atomic mass is 9.94. The van der Waals surface area contributed by atoms with Crippen LogP contribution in [0.25, 0.3) is 0 Å². The Morgan fingerprint density at radius 1 is 1.20 bits per heavy atom. The number of nitrogens with zero attached hydrogens (tertiary/aromatic N) is 3. The van der Waals surface area contributed by atoms with Gasteiger partial charge < -0.3 is 20.4 Å². The summed E-state index contributed by atoms with van der Waals surface area (Å²) in [6, 6.07) is 7.88. The van der Waals surface area contributed by atoms with Crippen LogP contribution in [0.15, 0.2) is 29.3 Å². The molecule has 170 valence electrons. The van der Waals surface area contributed by atoms with Crippen molar-refractivity contribution in [2.24, 2.45) is 10.9 Å². The van der Waals surface area contributed by atoms with Crippen molar-refractivity contribution in [1.29, 1.82) is 0 Å². The second-order valence-corrected chi connectivity index (χ2v) is 8.00. The normalized spacial score (nSPS) is 15.4. The van der Waals surface area contributed by atoms with E-state index in [0.29, 0.717) is 0 Å². The summed E-state index contributed by atoms with van der Waals surface area (Å²) in [6.07, 6.45) is 4.63. The van der Waals surface area contributed by atoms with E-state index in [-0.39, 0.29) is 29.9 Å². The summed E-state index contributed by atoms with van der Waals surface area (Å²) in [5.74, 6) is 1.74. The molecule has 1 fully saturated rings. The van der Waals surface area contributed by atoms with E-state index >= 15 is 0 Å². The second-order valence-electron chi connectivity index (χ2n) is 8.00. The number of likely N-dealkylation sites (tertiary alicyclic amines) is 1. The molecule has 30 heavy (non-hydrogen) atoms. The lowest BCUT2D eigenvalue weighted by Crippen LogP contribution is -2.38. The third-order valence-corrected chi connectivity index (χ3v) is 5.59. The fourth-order valence-corrected chi connectivity index (χ4v) is 3.74. The van der Waals surface area contributed by atoms with Crippen molar-refractivity contribution in [3.05, 3.63) is 35.4 Å². The Labute approximate surface area is 199 Å². The minimum absolute atomic E-state index is 0. The first-order chi connectivity index (χ1) is 14.0. The molecular weight excluding hydrogens is 489 g/mol. The predicted molar refractivity (Wildman–Crippen MR) is 137 cm³/mol. The van der Waals surface area contributed by atoms with Crippen molar-refractivity contribution in [2.75, 3.05) is 53.4 Å². The van der Waals surface area contributed by atoms with Crippen molar-refractivity contribution in [1.82, 2.24) is 20.4 Å². The van der Waals surface area contributed by atoms with Gasteiger partial charge in [0.25, 0.3) is 5.91 Å². The number of hydrogen-bond acceptors (Lipinski definition) is 3. The van der Waals surface area contributed by atoms with Gasteiger partial charge in [-0.15, -0.1) is 24.0 Å². The number of halogens is 1. The first-order valence-corrected chi connectivity index (χ1v) is 11.1. The van der Waals surface area contributed by atoms with Gasteiger partial charge in [0.1, 0.15) is 0 Å². The Morgan fingerprint density at radius 2 is 1.93 bits per heavy atom. The Kier molecular flexibility index (Phi) is 13.0. The van der Waals surface area contributed by atoms with Gasteiger partial charge >= 0.3 is 0 Å². The number of carbonyl (C=O) groups excluding carboxylic acids is 1. The summed E-state index contributed by atoms with van der Waals surface area (Å²) in [5.41, 5.74) is 1.89. The molecule has 7 heteroatoms. The second kappa shape index (κ2) is 14.6. The zero-order valence-corrected chi connectivity index (χ0v) is 21.4. The molecule has 1 aliphatic rings. The largest absolute Gasteiger partial charge is 0.357 e. The maximum Gasteiger partial charge on any atom is 0.253 e. The highest BCUT2D eigenvalue weighted by molar-refractivity contribution is 14.0. The maximum absolute atomic E-state index is 12.1. The number of piperidine rings is 1. The zero-order valence-electron chi connectivity index (χ0n) is 19.1. The van der Waals surface area contributed by atoms with Gasteiger partial charge in [-0.3, -0.25) is 9.79 Å². The van der Waals surface area contributed by atoms with Crippen LogP contribution in [-0.2, 0) is 6.42 Å². The molecule has 1 heterocycles. The highest BCUT2D eigenvalue weighted by atomic mass is 127. The fraction of sp³-hybridized carbons (Fsp3) is 0.652. The number of guanidine groups is 1. The molecule has 6 nitrogen and oxygen atoms in total. The summed E-state index contributed by atoms with van der Waals surface area (Å²) in [7, 11) is 3.56. The minimum Gasteiger partial charge on any atom is -0.357 e. The smallest absolute Gasteiger partial charge is 0.253 e. The molecule has 1 saturated heterocycles.